The van der Waals surface area contributed by atoms with Gasteiger partial charge in [-0.1, -0.05) is 28.1 Å². The summed E-state index contributed by atoms with van der Waals surface area (Å²) >= 11 is 4.05. The van der Waals surface area contributed by atoms with Gasteiger partial charge in [0.15, 0.2) is 0 Å². The predicted octanol–water partition coefficient (Wildman–Crippen LogP) is 19.1. The molecule has 0 amide bonds. The van der Waals surface area contributed by atoms with Crippen LogP contribution in [-0.4, -0.2) is 0 Å². The fraction of sp³-hybridized carbons (Fsp3) is 0.0448. The molecule has 282 valence electrons. The second kappa shape index (κ2) is 5.77. The van der Waals surface area contributed by atoms with E-state index < -0.39 is 0 Å². The fourth-order valence-corrected chi connectivity index (χ4v) is 25.0. The lowest BCUT2D eigenvalue weighted by Crippen LogP contribution is -2.39. The quantitative estimate of drug-likeness (QED) is 0.152. The van der Waals surface area contributed by atoms with Crippen LogP contribution >= 0.6 is 15.9 Å². The van der Waals surface area contributed by atoms with E-state index in [9.17, 15) is 0 Å². The summed E-state index contributed by atoms with van der Waals surface area (Å²) in [4.78, 5) is 0. The first kappa shape index (κ1) is 25.3. The second-order valence-electron chi connectivity index (χ2n) is 25.0. The molecule has 29 aromatic rings. The number of rotatable bonds is 2. The Balaban J connectivity index is 1.20. The maximum atomic E-state index is 4.05. The van der Waals surface area contributed by atoms with Crippen LogP contribution in [0.15, 0.2) is 28.7 Å². The average Bonchev–Trinajstić information content (AvgIpc) is 4.28. The van der Waals surface area contributed by atoms with Gasteiger partial charge in [0.1, 0.15) is 0 Å². The minimum absolute atomic E-state index is 0.216. The summed E-state index contributed by atoms with van der Waals surface area (Å²) in [6.45, 7) is 0. The van der Waals surface area contributed by atoms with Gasteiger partial charge in [-0.25, -0.2) is 0 Å². The van der Waals surface area contributed by atoms with Gasteiger partial charge in [0.25, 0.3) is 0 Å². The third-order valence-electron chi connectivity index (χ3n) is 24.7. The highest BCUT2D eigenvalue weighted by Gasteiger charge is 2.63. The minimum atomic E-state index is -0.216. The van der Waals surface area contributed by atoms with E-state index in [4.69, 9.17) is 0 Å². The monoisotopic (exact) mass is 890 g/mol. The number of halogens is 1. The van der Waals surface area contributed by atoms with Gasteiger partial charge in [-0.05, 0) is 337 Å². The highest BCUT2D eigenvalue weighted by Crippen LogP contribution is 2.83. The van der Waals surface area contributed by atoms with E-state index >= 15 is 0 Å². The zero-order valence-corrected chi connectivity index (χ0v) is 36.1. The highest BCUT2D eigenvalue weighted by molar-refractivity contribution is 9.10. The molecule has 0 aliphatic heterocycles. The van der Waals surface area contributed by atoms with Crippen molar-refractivity contribution in [3.63, 3.8) is 0 Å². The van der Waals surface area contributed by atoms with Crippen LogP contribution < -0.4 is 0 Å². The molecular formula is C67H7Br. The Morgan fingerprint density at radius 1 is 0.265 bits per heavy atom. The van der Waals surface area contributed by atoms with Crippen molar-refractivity contribution in [3.8, 4) is 0 Å². The summed E-state index contributed by atoms with van der Waals surface area (Å²) < 4.78 is 1.21. The molecule has 0 aromatic heterocycles. The summed E-state index contributed by atoms with van der Waals surface area (Å²) in [7, 11) is 0. The van der Waals surface area contributed by atoms with Crippen LogP contribution in [0, 0.1) is 0 Å². The Kier molecular flexibility index (Phi) is 2.15. The van der Waals surface area contributed by atoms with E-state index in [1.165, 1.54) is 10.0 Å². The zero-order chi connectivity index (χ0) is 40.3. The molecule has 0 saturated carbocycles. The first-order valence-corrected chi connectivity index (χ1v) is 26.1. The van der Waals surface area contributed by atoms with E-state index in [1.807, 2.05) is 0 Å². The van der Waals surface area contributed by atoms with Gasteiger partial charge >= 0.3 is 0 Å². The van der Waals surface area contributed by atoms with Crippen LogP contribution in [0.4, 0.5) is 0 Å². The van der Waals surface area contributed by atoms with Crippen molar-refractivity contribution >= 4 is 307 Å². The topological polar surface area (TPSA) is 0 Å². The van der Waals surface area contributed by atoms with Crippen LogP contribution in [0.1, 0.15) is 33.7 Å². The molecule has 68 heavy (non-hydrogen) atoms. The Bertz CT molecular complexity index is 7060. The van der Waals surface area contributed by atoms with Gasteiger partial charge in [-0.15, -0.1) is 0 Å². The normalized spacial score (nSPS) is 21.0. The third-order valence-corrected chi connectivity index (χ3v) is 25.2. The van der Waals surface area contributed by atoms with Gasteiger partial charge in [-0.2, -0.15) is 0 Å². The van der Waals surface area contributed by atoms with E-state index in [-0.39, 0.29) is 11.3 Å². The van der Waals surface area contributed by atoms with E-state index in [2.05, 4.69) is 40.2 Å². The Morgan fingerprint density at radius 3 is 0.721 bits per heavy atom. The lowest BCUT2D eigenvalue weighted by molar-refractivity contribution is 0.472. The van der Waals surface area contributed by atoms with Gasteiger partial charge < -0.3 is 0 Å². The number of benzene rings is 19. The first-order valence-electron chi connectivity index (χ1n) is 25.3. The predicted molar refractivity (Wildman–Crippen MR) is 293 cm³/mol. The van der Waals surface area contributed by atoms with Crippen LogP contribution in [-0.2, 0) is 11.8 Å². The first-order chi connectivity index (χ1) is 33.8. The van der Waals surface area contributed by atoms with Crippen molar-refractivity contribution in [2.75, 3.05) is 0 Å². The molecule has 0 unspecified atom stereocenters. The molecule has 0 bridgehead atoms. The molecule has 0 atom stereocenters. The maximum Gasteiger partial charge on any atom is 0.0378 e. The SMILES string of the molecule is Brc1cccc(CC23c4c5c6c7c8c9c(c%10c%11c2c2c4c4c%12c5c5c6c6c8c8c%13c9c9c%10c%10c%11c%11c2c2c4c4c%12c%12c5c5c6c8c6c8c%13c9c9c%10c%10c%11c2c2c4c4c%12c5c6c5c8c9c%10c2c45)C73)c1. The molecule has 1 heteroatoms. The Morgan fingerprint density at radius 2 is 0.471 bits per heavy atom. The summed E-state index contributed by atoms with van der Waals surface area (Å²) in [5, 5.41) is 90.3. The Labute approximate surface area is 378 Å². The van der Waals surface area contributed by atoms with Crippen LogP contribution in [0.3, 0.4) is 0 Å². The van der Waals surface area contributed by atoms with Crippen molar-refractivity contribution < 1.29 is 0 Å². The van der Waals surface area contributed by atoms with Crippen molar-refractivity contribution in [2.24, 2.45) is 0 Å². The van der Waals surface area contributed by atoms with Gasteiger partial charge in [-0.3, -0.25) is 0 Å². The largest absolute Gasteiger partial charge is 0.0609 e. The summed E-state index contributed by atoms with van der Waals surface area (Å²) in [6.07, 6.45) is 1.03. The van der Waals surface area contributed by atoms with Crippen LogP contribution in [0.2, 0.25) is 0 Å². The van der Waals surface area contributed by atoms with Crippen molar-refractivity contribution in [1.29, 1.82) is 0 Å². The third kappa shape index (κ3) is 1.36. The van der Waals surface area contributed by atoms with E-state index in [0.717, 1.165) is 6.42 Å². The van der Waals surface area contributed by atoms with Crippen molar-refractivity contribution in [2.45, 2.75) is 17.8 Å². The molecule has 4 aliphatic carbocycles. The Hall–Kier alpha value is -7.84. The van der Waals surface area contributed by atoms with Crippen molar-refractivity contribution in [1.82, 2.24) is 0 Å². The molecule has 0 fully saturated rings. The number of hydrogen-bond acceptors (Lipinski definition) is 0. The molecule has 0 radical (unpaired) electrons. The van der Waals surface area contributed by atoms with Crippen LogP contribution in [0.25, 0.3) is 291 Å². The summed E-state index contributed by atoms with van der Waals surface area (Å²) in [6, 6.07) is 9.60. The smallest absolute Gasteiger partial charge is 0.0378 e. The summed E-state index contributed by atoms with van der Waals surface area (Å²) in [5.74, 6) is 0.284. The average molecular weight is 892 g/mol. The maximum absolute atomic E-state index is 4.05. The molecule has 0 nitrogen and oxygen atoms in total. The minimum Gasteiger partial charge on any atom is -0.0609 e. The van der Waals surface area contributed by atoms with Crippen molar-refractivity contribution in [3.05, 3.63) is 56.6 Å². The van der Waals surface area contributed by atoms with Gasteiger partial charge in [0, 0.05) is 15.8 Å². The zero-order valence-electron chi connectivity index (χ0n) is 34.5. The lowest BCUT2D eigenvalue weighted by Gasteiger charge is -2.45. The van der Waals surface area contributed by atoms with Gasteiger partial charge in [0.2, 0.25) is 0 Å². The molecule has 0 saturated heterocycles. The second-order valence-corrected chi connectivity index (χ2v) is 26.0. The van der Waals surface area contributed by atoms with Gasteiger partial charge in [0.05, 0.1) is 0 Å². The molecule has 0 spiro atoms. The number of hydrogen-bond donors (Lipinski definition) is 0. The van der Waals surface area contributed by atoms with Crippen LogP contribution in [0.5, 0.6) is 0 Å². The molecular weight excluding hydrogens is 885 g/mol. The lowest BCUT2D eigenvalue weighted by atomic mass is 9.55. The van der Waals surface area contributed by atoms with E-state index in [0.29, 0.717) is 0 Å². The molecule has 0 N–H and O–H groups in total. The van der Waals surface area contributed by atoms with E-state index in [1.54, 1.807) is 313 Å². The fourth-order valence-electron chi connectivity index (χ4n) is 24.6. The molecule has 4 aliphatic rings. The summed E-state index contributed by atoms with van der Waals surface area (Å²) in [5.41, 5.74) is 8.31. The molecule has 29 aromatic carbocycles. The molecule has 0 heterocycles. The highest BCUT2D eigenvalue weighted by atomic mass is 79.9. The standard InChI is InChI=1S/C67H7Br/c68-7-3-1-2-6(4-7)5-67-64-60-54-40-32-24-12-9-8-10-13(12)25-27-23-17(10)19-15-11(8)14-18-16(9)22-26(24)38(40)46-44-30(22)28(18)36-34-20(14)21(15)35-37-29(19)31(23)45-47-39(27)41(33(25)32)55(54)61(64)57(47)59-51(45)49(37)53-43(35)42(34)52-48(36)50(44)58(56(46)60)65(67)62(52)63(53)66(59)67/h1-4,64H,5H2. The molecule has 33 rings (SSSR count).